The highest BCUT2D eigenvalue weighted by atomic mass is 19.1. The van der Waals surface area contributed by atoms with Crippen molar-refractivity contribution >= 4 is 22.8 Å². The van der Waals surface area contributed by atoms with E-state index in [0.717, 1.165) is 6.07 Å². The molecule has 33 heavy (non-hydrogen) atoms. The zero-order chi connectivity index (χ0) is 23.1. The number of anilines is 1. The molecular formula is C22H18F2N6O3. The van der Waals surface area contributed by atoms with Crippen LogP contribution in [0.2, 0.25) is 0 Å². The molecule has 0 atom stereocenters. The van der Waals surface area contributed by atoms with Crippen molar-refractivity contribution in [1.29, 1.82) is 0 Å². The predicted octanol–water partition coefficient (Wildman–Crippen LogP) is 2.75. The molecule has 4 aromatic rings. The summed E-state index contributed by atoms with van der Waals surface area (Å²) in [7, 11) is 1.39. The lowest BCUT2D eigenvalue weighted by atomic mass is 10.1. The van der Waals surface area contributed by atoms with Gasteiger partial charge in [-0.25, -0.2) is 18.3 Å². The van der Waals surface area contributed by atoms with Crippen LogP contribution in [0.15, 0.2) is 36.4 Å². The molecule has 0 bridgehead atoms. The van der Waals surface area contributed by atoms with E-state index in [1.165, 1.54) is 29.9 Å². The molecule has 5 rings (SSSR count). The molecule has 0 unspecified atom stereocenters. The Morgan fingerprint density at radius 2 is 2.06 bits per heavy atom. The van der Waals surface area contributed by atoms with E-state index in [1.807, 2.05) is 0 Å². The first-order chi connectivity index (χ1) is 15.9. The fraction of sp³-hybridized carbons (Fsp3) is 0.182. The van der Waals surface area contributed by atoms with Crippen molar-refractivity contribution in [3.05, 3.63) is 64.9 Å². The molecular weight excluding hydrogens is 434 g/mol. The van der Waals surface area contributed by atoms with Crippen molar-refractivity contribution in [3.8, 4) is 17.7 Å². The Bertz CT molecular complexity index is 1400. The Hall–Kier alpha value is -4.28. The van der Waals surface area contributed by atoms with Crippen molar-refractivity contribution in [2.24, 2.45) is 5.73 Å². The molecule has 0 radical (unpaired) electrons. The Balaban J connectivity index is 1.64. The minimum absolute atomic E-state index is 0.0491. The molecule has 1 amide bonds. The number of aromatic nitrogens is 4. The molecule has 2 aromatic heterocycles. The molecule has 2 aromatic carbocycles. The van der Waals surface area contributed by atoms with Gasteiger partial charge in [-0.05, 0) is 23.8 Å². The summed E-state index contributed by atoms with van der Waals surface area (Å²) in [5.74, 6) is -0.835. The number of imidazole rings is 1. The topological polar surface area (TPSA) is 117 Å². The highest BCUT2D eigenvalue weighted by Gasteiger charge is 2.26. The SMILES string of the molecule is COc1nc2c(C(N)=O)cc(F)cc2n1-c1nc2c(c(NCc3cccc(F)c3)n1)OCC2. The first kappa shape index (κ1) is 20.6. The van der Waals surface area contributed by atoms with Crippen LogP contribution in [-0.2, 0) is 13.0 Å². The lowest BCUT2D eigenvalue weighted by molar-refractivity contribution is 0.100. The number of nitrogens with zero attached hydrogens (tertiary/aromatic N) is 4. The van der Waals surface area contributed by atoms with E-state index in [2.05, 4.69) is 20.3 Å². The van der Waals surface area contributed by atoms with Crippen molar-refractivity contribution < 1.29 is 23.0 Å². The molecule has 3 N–H and O–H groups in total. The molecule has 1 aliphatic rings. The minimum Gasteiger partial charge on any atom is -0.487 e. The van der Waals surface area contributed by atoms with E-state index in [-0.39, 0.29) is 40.9 Å². The third kappa shape index (κ3) is 3.67. The Kier molecular flexibility index (Phi) is 5.00. The fourth-order valence-corrected chi connectivity index (χ4v) is 3.75. The fourth-order valence-electron chi connectivity index (χ4n) is 3.75. The van der Waals surface area contributed by atoms with Crippen LogP contribution in [0.1, 0.15) is 21.6 Å². The van der Waals surface area contributed by atoms with E-state index in [9.17, 15) is 13.6 Å². The van der Waals surface area contributed by atoms with Crippen molar-refractivity contribution in [3.63, 3.8) is 0 Å². The molecule has 0 fully saturated rings. The highest BCUT2D eigenvalue weighted by molar-refractivity contribution is 6.04. The second-order valence-electron chi connectivity index (χ2n) is 7.35. The molecule has 0 aliphatic carbocycles. The first-order valence-electron chi connectivity index (χ1n) is 10.0. The van der Waals surface area contributed by atoms with Gasteiger partial charge in [0.1, 0.15) is 17.2 Å². The van der Waals surface area contributed by atoms with Crippen LogP contribution in [0, 0.1) is 11.6 Å². The Morgan fingerprint density at radius 3 is 2.82 bits per heavy atom. The maximum absolute atomic E-state index is 14.3. The second-order valence-corrected chi connectivity index (χ2v) is 7.35. The number of carbonyl (C=O) groups excluding carboxylic acids is 1. The summed E-state index contributed by atoms with van der Waals surface area (Å²) in [6.45, 7) is 0.705. The van der Waals surface area contributed by atoms with Crippen molar-refractivity contribution in [1.82, 2.24) is 19.5 Å². The smallest absolute Gasteiger partial charge is 0.304 e. The number of fused-ring (bicyclic) bond motifs is 2. The van der Waals surface area contributed by atoms with Crippen LogP contribution in [0.3, 0.4) is 0 Å². The van der Waals surface area contributed by atoms with Gasteiger partial charge in [0.15, 0.2) is 11.6 Å². The van der Waals surface area contributed by atoms with Gasteiger partial charge in [-0.2, -0.15) is 9.97 Å². The van der Waals surface area contributed by atoms with Gasteiger partial charge in [0.25, 0.3) is 5.91 Å². The molecule has 0 saturated heterocycles. The van der Waals surface area contributed by atoms with Gasteiger partial charge in [0, 0.05) is 19.0 Å². The molecule has 9 nitrogen and oxygen atoms in total. The van der Waals surface area contributed by atoms with Crippen LogP contribution in [0.25, 0.3) is 17.0 Å². The number of hydrogen-bond donors (Lipinski definition) is 2. The molecule has 0 spiro atoms. The third-order valence-corrected chi connectivity index (χ3v) is 5.20. The molecule has 168 valence electrons. The summed E-state index contributed by atoms with van der Waals surface area (Å²) in [4.78, 5) is 25.2. The number of amides is 1. The summed E-state index contributed by atoms with van der Waals surface area (Å²) >= 11 is 0. The average molecular weight is 452 g/mol. The zero-order valence-corrected chi connectivity index (χ0v) is 17.4. The number of nitrogens with two attached hydrogens (primary N) is 1. The lowest BCUT2D eigenvalue weighted by Gasteiger charge is -2.13. The number of benzene rings is 2. The van der Waals surface area contributed by atoms with Gasteiger partial charge in [-0.1, -0.05) is 12.1 Å². The van der Waals surface area contributed by atoms with E-state index in [0.29, 0.717) is 35.9 Å². The standard InChI is InChI=1S/C22H18F2N6O3/c1-32-22-28-17-14(19(25)31)8-13(24)9-16(17)30(22)21-27-15-5-6-33-18(15)20(29-21)26-10-11-3-2-4-12(23)7-11/h2-4,7-9H,5-6,10H2,1H3,(H2,25,31)(H,26,27,29). The maximum Gasteiger partial charge on any atom is 0.304 e. The van der Waals surface area contributed by atoms with Crippen molar-refractivity contribution in [2.45, 2.75) is 13.0 Å². The summed E-state index contributed by atoms with van der Waals surface area (Å²) in [5, 5.41) is 3.15. The Labute approximate surface area is 186 Å². The summed E-state index contributed by atoms with van der Waals surface area (Å²) in [5.41, 5.74) is 7.05. The summed E-state index contributed by atoms with van der Waals surface area (Å²) in [6, 6.07) is 8.44. The molecule has 3 heterocycles. The lowest BCUT2D eigenvalue weighted by Crippen LogP contribution is -2.12. The number of methoxy groups -OCH3 is 1. The number of halogens is 2. The van der Waals surface area contributed by atoms with Crippen LogP contribution in [-0.4, -0.2) is 39.1 Å². The van der Waals surface area contributed by atoms with Crippen LogP contribution in [0.5, 0.6) is 11.8 Å². The second kappa shape index (κ2) is 8.01. The largest absolute Gasteiger partial charge is 0.487 e. The molecule has 11 heteroatoms. The summed E-state index contributed by atoms with van der Waals surface area (Å²) in [6.07, 6.45) is 0.537. The number of hydrogen-bond acceptors (Lipinski definition) is 7. The minimum atomic E-state index is -0.826. The zero-order valence-electron chi connectivity index (χ0n) is 17.4. The predicted molar refractivity (Wildman–Crippen MR) is 115 cm³/mol. The highest BCUT2D eigenvalue weighted by Crippen LogP contribution is 2.34. The van der Waals surface area contributed by atoms with Crippen LogP contribution >= 0.6 is 0 Å². The van der Waals surface area contributed by atoms with Gasteiger partial charge in [-0.3, -0.25) is 4.79 Å². The quantitative estimate of drug-likeness (QED) is 0.462. The monoisotopic (exact) mass is 452 g/mol. The van der Waals surface area contributed by atoms with Gasteiger partial charge in [0.05, 0.1) is 30.5 Å². The first-order valence-corrected chi connectivity index (χ1v) is 10.0. The van der Waals surface area contributed by atoms with Gasteiger partial charge in [0.2, 0.25) is 5.95 Å². The normalized spacial score (nSPS) is 12.5. The van der Waals surface area contributed by atoms with Crippen LogP contribution in [0.4, 0.5) is 14.6 Å². The number of rotatable bonds is 6. The number of primary amides is 1. The van der Waals surface area contributed by atoms with Gasteiger partial charge < -0.3 is 20.5 Å². The van der Waals surface area contributed by atoms with E-state index >= 15 is 0 Å². The van der Waals surface area contributed by atoms with E-state index < -0.39 is 11.7 Å². The summed E-state index contributed by atoms with van der Waals surface area (Å²) < 4.78 is 40.3. The maximum atomic E-state index is 14.3. The number of nitrogens with one attached hydrogen (secondary N) is 1. The molecule has 1 aliphatic heterocycles. The molecule has 0 saturated carbocycles. The van der Waals surface area contributed by atoms with Gasteiger partial charge >= 0.3 is 6.01 Å². The van der Waals surface area contributed by atoms with Gasteiger partial charge in [-0.15, -0.1) is 0 Å². The Morgan fingerprint density at radius 1 is 1.21 bits per heavy atom. The number of ether oxygens (including phenoxy) is 2. The van der Waals surface area contributed by atoms with Crippen molar-refractivity contribution in [2.75, 3.05) is 19.0 Å². The number of carbonyl (C=O) groups is 1. The van der Waals surface area contributed by atoms with E-state index in [4.69, 9.17) is 15.2 Å². The van der Waals surface area contributed by atoms with Crippen LogP contribution < -0.4 is 20.5 Å². The van der Waals surface area contributed by atoms with E-state index in [1.54, 1.807) is 12.1 Å². The third-order valence-electron chi connectivity index (χ3n) is 5.20. The average Bonchev–Trinajstić information content (AvgIpc) is 3.41.